The normalized spacial score (nSPS) is 15.9. The summed E-state index contributed by atoms with van der Waals surface area (Å²) in [5.41, 5.74) is 2.17. The van der Waals surface area contributed by atoms with Crippen molar-refractivity contribution >= 4 is 29.5 Å². The highest BCUT2D eigenvalue weighted by atomic mass is 32.2. The van der Waals surface area contributed by atoms with Gasteiger partial charge in [-0.2, -0.15) is 5.26 Å². The van der Waals surface area contributed by atoms with Crippen LogP contribution in [0.5, 0.6) is 0 Å². The fraction of sp³-hybridized carbons (Fsp3) is 0.250. The van der Waals surface area contributed by atoms with Crippen LogP contribution in [0.15, 0.2) is 53.4 Å². The highest BCUT2D eigenvalue weighted by Gasteiger charge is 2.32. The van der Waals surface area contributed by atoms with Gasteiger partial charge in [0, 0.05) is 16.3 Å². The van der Waals surface area contributed by atoms with Crippen molar-refractivity contribution in [1.29, 1.82) is 5.26 Å². The molecule has 1 amide bonds. The molecule has 0 radical (unpaired) electrons. The van der Waals surface area contributed by atoms with Gasteiger partial charge in [-0.15, -0.1) is 11.8 Å². The van der Waals surface area contributed by atoms with Gasteiger partial charge in [-0.1, -0.05) is 12.1 Å². The first-order valence-electron chi connectivity index (χ1n) is 8.36. The Bertz CT molecular complexity index is 859. The van der Waals surface area contributed by atoms with E-state index in [0.29, 0.717) is 17.9 Å². The monoisotopic (exact) mass is 382 g/mol. The van der Waals surface area contributed by atoms with Crippen LogP contribution in [-0.2, 0) is 20.7 Å². The number of rotatable bonds is 6. The lowest BCUT2D eigenvalue weighted by atomic mass is 10.2. The van der Waals surface area contributed by atoms with Gasteiger partial charge in [0.2, 0.25) is 0 Å². The first kappa shape index (κ1) is 18.8. The minimum absolute atomic E-state index is 0.215. The Balaban J connectivity index is 1.54. The van der Waals surface area contributed by atoms with Gasteiger partial charge >= 0.3 is 12.1 Å². The first-order valence-corrected chi connectivity index (χ1v) is 9.34. The fourth-order valence-electron chi connectivity index (χ4n) is 2.67. The molecule has 0 bridgehead atoms. The SMILES string of the molecule is COC(=O)Cc1ccc(SCC2CN(c3ccc(C#N)cc3)C(=O)O2)cc1. The number of hydrogen-bond donors (Lipinski definition) is 0. The molecule has 1 aliphatic rings. The van der Waals surface area contributed by atoms with Crippen molar-refractivity contribution in [1.82, 2.24) is 0 Å². The molecular weight excluding hydrogens is 364 g/mol. The van der Waals surface area contributed by atoms with Crippen molar-refractivity contribution in [3.8, 4) is 6.07 Å². The van der Waals surface area contributed by atoms with E-state index in [1.165, 1.54) is 7.11 Å². The third-order valence-corrected chi connectivity index (χ3v) is 5.26. The first-order chi connectivity index (χ1) is 13.1. The number of cyclic esters (lactones) is 1. The molecule has 3 rings (SSSR count). The topological polar surface area (TPSA) is 79.6 Å². The Morgan fingerprint density at radius 2 is 1.96 bits per heavy atom. The number of carbonyl (C=O) groups is 2. The summed E-state index contributed by atoms with van der Waals surface area (Å²) in [5, 5.41) is 8.86. The molecule has 2 aromatic carbocycles. The van der Waals surface area contributed by atoms with Crippen molar-refractivity contribution in [2.24, 2.45) is 0 Å². The Hall–Kier alpha value is -2.98. The van der Waals surface area contributed by atoms with Crippen LogP contribution in [0, 0.1) is 11.3 Å². The van der Waals surface area contributed by atoms with Crippen LogP contribution in [0.3, 0.4) is 0 Å². The number of carbonyl (C=O) groups excluding carboxylic acids is 2. The van der Waals surface area contributed by atoms with Gasteiger partial charge in [0.05, 0.1) is 31.7 Å². The maximum Gasteiger partial charge on any atom is 0.414 e. The van der Waals surface area contributed by atoms with Crippen LogP contribution in [-0.4, -0.2) is 37.6 Å². The largest absolute Gasteiger partial charge is 0.469 e. The summed E-state index contributed by atoms with van der Waals surface area (Å²) >= 11 is 1.59. The zero-order valence-corrected chi connectivity index (χ0v) is 15.6. The maximum atomic E-state index is 12.1. The van der Waals surface area contributed by atoms with Crippen molar-refractivity contribution in [2.75, 3.05) is 24.3 Å². The molecule has 0 N–H and O–H groups in total. The summed E-state index contributed by atoms with van der Waals surface area (Å²) in [5.74, 6) is 0.366. The molecule has 1 aliphatic heterocycles. The number of benzene rings is 2. The van der Waals surface area contributed by atoms with Gasteiger partial charge in [-0.25, -0.2) is 4.79 Å². The van der Waals surface area contributed by atoms with E-state index < -0.39 is 0 Å². The number of nitriles is 1. The fourth-order valence-corrected chi connectivity index (χ4v) is 3.55. The lowest BCUT2D eigenvalue weighted by Crippen LogP contribution is -2.24. The van der Waals surface area contributed by atoms with Gasteiger partial charge in [-0.3, -0.25) is 9.69 Å². The molecule has 27 heavy (non-hydrogen) atoms. The number of methoxy groups -OCH3 is 1. The second-order valence-corrected chi connectivity index (χ2v) is 7.08. The molecule has 0 aromatic heterocycles. The third-order valence-electron chi connectivity index (χ3n) is 4.12. The summed E-state index contributed by atoms with van der Waals surface area (Å²) in [7, 11) is 1.37. The van der Waals surface area contributed by atoms with Crippen molar-refractivity contribution < 1.29 is 19.1 Å². The van der Waals surface area contributed by atoms with Crippen molar-refractivity contribution in [3.63, 3.8) is 0 Å². The number of thioether (sulfide) groups is 1. The average molecular weight is 382 g/mol. The second-order valence-electron chi connectivity index (χ2n) is 5.98. The van der Waals surface area contributed by atoms with Crippen LogP contribution < -0.4 is 4.90 Å². The second kappa shape index (κ2) is 8.60. The van der Waals surface area contributed by atoms with Gasteiger partial charge in [0.15, 0.2) is 0 Å². The molecule has 1 unspecified atom stereocenters. The van der Waals surface area contributed by atoms with Crippen molar-refractivity contribution in [2.45, 2.75) is 17.4 Å². The zero-order valence-electron chi connectivity index (χ0n) is 14.8. The van der Waals surface area contributed by atoms with E-state index in [-0.39, 0.29) is 24.6 Å². The summed E-state index contributed by atoms with van der Waals surface area (Å²) in [4.78, 5) is 26.0. The number of nitrogens with zero attached hydrogens (tertiary/aromatic N) is 2. The number of esters is 1. The summed E-state index contributed by atoms with van der Waals surface area (Å²) < 4.78 is 10.1. The lowest BCUT2D eigenvalue weighted by Gasteiger charge is -2.12. The van der Waals surface area contributed by atoms with Crippen LogP contribution in [0.25, 0.3) is 0 Å². The molecule has 1 fully saturated rings. The van der Waals surface area contributed by atoms with Crippen LogP contribution >= 0.6 is 11.8 Å². The van der Waals surface area contributed by atoms with E-state index in [0.717, 1.165) is 16.1 Å². The molecule has 0 spiro atoms. The standard InChI is InChI=1S/C20H18N2O4S/c1-25-19(23)10-14-4-8-18(9-5-14)27-13-17-12-22(20(24)26-17)16-6-2-15(11-21)3-7-16/h2-9,17H,10,12-13H2,1H3. The van der Waals surface area contributed by atoms with E-state index in [2.05, 4.69) is 10.8 Å². The summed E-state index contributed by atoms with van der Waals surface area (Å²) in [6.45, 7) is 0.470. The van der Waals surface area contributed by atoms with E-state index in [1.807, 2.05) is 24.3 Å². The third kappa shape index (κ3) is 4.80. The van der Waals surface area contributed by atoms with Crippen LogP contribution in [0.4, 0.5) is 10.5 Å². The predicted molar refractivity (Wildman–Crippen MR) is 102 cm³/mol. The van der Waals surface area contributed by atoms with E-state index in [9.17, 15) is 9.59 Å². The molecule has 0 aliphatic carbocycles. The molecule has 1 heterocycles. The smallest absolute Gasteiger partial charge is 0.414 e. The molecule has 2 aromatic rings. The van der Waals surface area contributed by atoms with Gasteiger partial charge in [-0.05, 0) is 42.0 Å². The van der Waals surface area contributed by atoms with E-state index in [4.69, 9.17) is 10.00 Å². The average Bonchev–Trinajstić information content (AvgIpc) is 3.08. The Kier molecular flexibility index (Phi) is 5.99. The summed E-state index contributed by atoms with van der Waals surface area (Å²) in [6, 6.07) is 16.6. The van der Waals surface area contributed by atoms with Crippen LogP contribution in [0.1, 0.15) is 11.1 Å². The highest BCUT2D eigenvalue weighted by molar-refractivity contribution is 7.99. The zero-order chi connectivity index (χ0) is 19.2. The Labute approximate surface area is 161 Å². The molecule has 0 saturated carbocycles. The molecular formula is C20H18N2O4S. The van der Waals surface area contributed by atoms with Gasteiger partial charge in [0.25, 0.3) is 0 Å². The van der Waals surface area contributed by atoms with E-state index in [1.54, 1.807) is 40.9 Å². The summed E-state index contributed by atoms with van der Waals surface area (Å²) in [6.07, 6.45) is -0.340. The number of amides is 1. The van der Waals surface area contributed by atoms with Crippen molar-refractivity contribution in [3.05, 3.63) is 59.7 Å². The molecule has 138 valence electrons. The molecule has 6 nitrogen and oxygen atoms in total. The molecule has 1 saturated heterocycles. The Morgan fingerprint density at radius 1 is 1.26 bits per heavy atom. The number of ether oxygens (including phenoxy) is 2. The Morgan fingerprint density at radius 3 is 2.59 bits per heavy atom. The van der Waals surface area contributed by atoms with Gasteiger partial charge in [0.1, 0.15) is 6.10 Å². The van der Waals surface area contributed by atoms with Crippen LogP contribution in [0.2, 0.25) is 0 Å². The maximum absolute atomic E-state index is 12.1. The quantitative estimate of drug-likeness (QED) is 0.563. The number of hydrogen-bond acceptors (Lipinski definition) is 6. The van der Waals surface area contributed by atoms with E-state index >= 15 is 0 Å². The van der Waals surface area contributed by atoms with Gasteiger partial charge < -0.3 is 9.47 Å². The minimum atomic E-state index is -0.376. The highest BCUT2D eigenvalue weighted by Crippen LogP contribution is 2.26. The minimum Gasteiger partial charge on any atom is -0.469 e. The molecule has 1 atom stereocenters. The predicted octanol–water partition coefficient (Wildman–Crippen LogP) is 3.39. The lowest BCUT2D eigenvalue weighted by molar-refractivity contribution is -0.139. The molecule has 7 heteroatoms. The number of anilines is 1.